The van der Waals surface area contributed by atoms with Gasteiger partial charge >= 0.3 is 0 Å². The minimum atomic E-state index is -0.173. The van der Waals surface area contributed by atoms with Gasteiger partial charge in [-0.3, -0.25) is 0 Å². The molecule has 1 fully saturated rings. The molecule has 8 aromatic carbocycles. The number of anilines is 3. The highest BCUT2D eigenvalue weighted by atomic mass is 15.1. The summed E-state index contributed by atoms with van der Waals surface area (Å²) in [6, 6.07) is 66.0. The van der Waals surface area contributed by atoms with E-state index >= 15 is 0 Å². The minimum Gasteiger partial charge on any atom is -0.310 e. The van der Waals surface area contributed by atoms with Crippen molar-refractivity contribution in [3.05, 3.63) is 198 Å². The smallest absolute Gasteiger partial charge is 0.0546 e. The van der Waals surface area contributed by atoms with E-state index in [2.05, 4.69) is 202 Å². The minimum absolute atomic E-state index is 0.173. The largest absolute Gasteiger partial charge is 0.310 e. The van der Waals surface area contributed by atoms with E-state index < -0.39 is 0 Å². The maximum Gasteiger partial charge on any atom is 0.0546 e. The van der Waals surface area contributed by atoms with E-state index in [1.807, 2.05) is 0 Å². The van der Waals surface area contributed by atoms with Crippen molar-refractivity contribution in [2.45, 2.75) is 64.2 Å². The third kappa shape index (κ3) is 6.27. The molecule has 0 aromatic heterocycles. The normalized spacial score (nSPS) is 14.6. The molecule has 278 valence electrons. The van der Waals surface area contributed by atoms with Crippen LogP contribution >= 0.6 is 0 Å². The monoisotopic (exact) mass is 735 g/mol. The number of fused-ring (bicyclic) bond motifs is 4. The fourth-order valence-corrected chi connectivity index (χ4v) is 9.94. The van der Waals surface area contributed by atoms with E-state index in [1.54, 1.807) is 0 Å². The van der Waals surface area contributed by atoms with Gasteiger partial charge in [0.05, 0.1) is 5.69 Å². The Morgan fingerprint density at radius 3 is 1.93 bits per heavy atom. The van der Waals surface area contributed by atoms with Crippen molar-refractivity contribution in [1.82, 2.24) is 0 Å². The Morgan fingerprint density at radius 2 is 1.16 bits per heavy atom. The van der Waals surface area contributed by atoms with Crippen LogP contribution in [-0.4, -0.2) is 0 Å². The van der Waals surface area contributed by atoms with Crippen molar-refractivity contribution in [2.75, 3.05) is 4.90 Å². The zero-order valence-corrected chi connectivity index (χ0v) is 33.3. The van der Waals surface area contributed by atoms with Crippen LogP contribution in [0, 0.1) is 6.92 Å². The predicted molar refractivity (Wildman–Crippen MR) is 243 cm³/mol. The molecule has 0 heterocycles. The summed E-state index contributed by atoms with van der Waals surface area (Å²) < 4.78 is 0. The second-order valence-electron chi connectivity index (χ2n) is 16.8. The second-order valence-corrected chi connectivity index (χ2v) is 16.8. The molecule has 0 saturated heterocycles. The topological polar surface area (TPSA) is 3.24 Å². The van der Waals surface area contributed by atoms with Gasteiger partial charge in [0.2, 0.25) is 0 Å². The van der Waals surface area contributed by atoms with Crippen molar-refractivity contribution in [3.8, 4) is 44.5 Å². The molecule has 0 unspecified atom stereocenters. The molecule has 0 bridgehead atoms. The standard InChI is InChI=1S/C56H49N/c1-38-14-12-20-45(36-38)54-48-21-11-10-19-44(48)30-35-53(54)57(46-31-28-42(29-32-46)41-26-24-40(25-27-41)39-15-6-4-7-16-39)47-33-34-50-52(37-47)56(2,3)51-23-13-22-49(55(50)51)43-17-8-5-9-18-43/h5,8-14,17-37,39H,4,6-7,15-16H2,1-3H3. The summed E-state index contributed by atoms with van der Waals surface area (Å²) in [4.78, 5) is 2.50. The summed E-state index contributed by atoms with van der Waals surface area (Å²) >= 11 is 0. The molecule has 57 heavy (non-hydrogen) atoms. The van der Waals surface area contributed by atoms with Gasteiger partial charge in [-0.1, -0.05) is 184 Å². The number of aryl methyl sites for hydroxylation is 1. The van der Waals surface area contributed by atoms with Gasteiger partial charge in [0.1, 0.15) is 0 Å². The van der Waals surface area contributed by atoms with Gasteiger partial charge in [0, 0.05) is 22.4 Å². The lowest BCUT2D eigenvalue weighted by Gasteiger charge is -2.30. The van der Waals surface area contributed by atoms with Crippen LogP contribution in [0.2, 0.25) is 0 Å². The van der Waals surface area contributed by atoms with Crippen molar-refractivity contribution in [1.29, 1.82) is 0 Å². The highest BCUT2D eigenvalue weighted by molar-refractivity contribution is 6.06. The summed E-state index contributed by atoms with van der Waals surface area (Å²) in [6.07, 6.45) is 6.75. The predicted octanol–water partition coefficient (Wildman–Crippen LogP) is 16.0. The van der Waals surface area contributed by atoms with Crippen molar-refractivity contribution in [2.24, 2.45) is 0 Å². The Morgan fingerprint density at radius 1 is 0.474 bits per heavy atom. The maximum atomic E-state index is 2.50. The first-order chi connectivity index (χ1) is 27.9. The van der Waals surface area contributed by atoms with Gasteiger partial charge < -0.3 is 4.90 Å². The lowest BCUT2D eigenvalue weighted by atomic mass is 9.81. The number of hydrogen-bond donors (Lipinski definition) is 0. The molecule has 2 aliphatic carbocycles. The number of hydrogen-bond acceptors (Lipinski definition) is 1. The average Bonchev–Trinajstić information content (AvgIpc) is 3.50. The number of benzene rings is 8. The van der Waals surface area contributed by atoms with Gasteiger partial charge in [0.15, 0.2) is 0 Å². The highest BCUT2D eigenvalue weighted by Gasteiger charge is 2.37. The molecule has 2 aliphatic rings. The zero-order valence-electron chi connectivity index (χ0n) is 33.3. The molecule has 8 aromatic rings. The van der Waals surface area contributed by atoms with Crippen molar-refractivity contribution >= 4 is 27.8 Å². The zero-order chi connectivity index (χ0) is 38.5. The van der Waals surface area contributed by atoms with Crippen LogP contribution < -0.4 is 4.90 Å². The molecular weight excluding hydrogens is 687 g/mol. The lowest BCUT2D eigenvalue weighted by molar-refractivity contribution is 0.443. The molecule has 0 atom stereocenters. The first-order valence-corrected chi connectivity index (χ1v) is 20.9. The summed E-state index contributed by atoms with van der Waals surface area (Å²) in [5.41, 5.74) is 19.0. The molecular formula is C56H49N. The SMILES string of the molecule is Cc1cccc(-c2c(N(c3ccc(-c4ccc(C5CCCCC5)cc4)cc3)c3ccc4c(c3)C(C)(C)c3cccc(-c5ccccc5)c3-4)ccc3ccccc23)c1. The number of rotatable bonds is 7. The van der Waals surface area contributed by atoms with Crippen LogP contribution in [0.5, 0.6) is 0 Å². The summed E-state index contributed by atoms with van der Waals surface area (Å²) in [6.45, 7) is 6.97. The maximum absolute atomic E-state index is 2.50. The van der Waals surface area contributed by atoms with Crippen LogP contribution in [0.1, 0.15) is 74.1 Å². The van der Waals surface area contributed by atoms with Gasteiger partial charge in [-0.05, 0) is 122 Å². The highest BCUT2D eigenvalue weighted by Crippen LogP contribution is 2.54. The molecule has 10 rings (SSSR count). The van der Waals surface area contributed by atoms with Gasteiger partial charge in [-0.15, -0.1) is 0 Å². The Kier molecular flexibility index (Phi) is 8.90. The molecule has 0 radical (unpaired) electrons. The Bertz CT molecular complexity index is 2730. The van der Waals surface area contributed by atoms with Crippen molar-refractivity contribution in [3.63, 3.8) is 0 Å². The molecule has 1 nitrogen and oxygen atoms in total. The van der Waals surface area contributed by atoms with Crippen LogP contribution in [0.25, 0.3) is 55.3 Å². The lowest BCUT2D eigenvalue weighted by Crippen LogP contribution is -2.17. The first kappa shape index (κ1) is 35.2. The molecule has 1 heteroatoms. The second kappa shape index (κ2) is 14.4. The quantitative estimate of drug-likeness (QED) is 0.158. The number of nitrogens with zero attached hydrogens (tertiary/aromatic N) is 1. The van der Waals surface area contributed by atoms with E-state index in [-0.39, 0.29) is 5.41 Å². The first-order valence-electron chi connectivity index (χ1n) is 20.9. The third-order valence-electron chi connectivity index (χ3n) is 12.9. The van der Waals surface area contributed by atoms with Gasteiger partial charge in [0.25, 0.3) is 0 Å². The summed E-state index contributed by atoms with van der Waals surface area (Å²) in [5.74, 6) is 0.711. The Labute approximate surface area is 338 Å². The van der Waals surface area contributed by atoms with Gasteiger partial charge in [-0.2, -0.15) is 0 Å². The van der Waals surface area contributed by atoms with Crippen molar-refractivity contribution < 1.29 is 0 Å². The van der Waals surface area contributed by atoms with E-state index in [4.69, 9.17) is 0 Å². The Balaban J connectivity index is 1.14. The van der Waals surface area contributed by atoms with Crippen LogP contribution in [0.15, 0.2) is 176 Å². The fraction of sp³-hybridized carbons (Fsp3) is 0.179. The van der Waals surface area contributed by atoms with E-state index in [0.29, 0.717) is 5.92 Å². The summed E-state index contributed by atoms with van der Waals surface area (Å²) in [7, 11) is 0. The summed E-state index contributed by atoms with van der Waals surface area (Å²) in [5, 5.41) is 2.49. The molecule has 0 aliphatic heterocycles. The molecule has 1 saturated carbocycles. The molecule has 0 N–H and O–H groups in total. The van der Waals surface area contributed by atoms with E-state index in [1.165, 1.54) is 115 Å². The van der Waals surface area contributed by atoms with E-state index in [9.17, 15) is 0 Å². The van der Waals surface area contributed by atoms with Gasteiger partial charge in [-0.25, -0.2) is 0 Å². The fourth-order valence-electron chi connectivity index (χ4n) is 9.94. The van der Waals surface area contributed by atoms with Crippen LogP contribution in [0.4, 0.5) is 17.1 Å². The molecule has 0 amide bonds. The van der Waals surface area contributed by atoms with E-state index in [0.717, 1.165) is 11.4 Å². The average molecular weight is 736 g/mol. The van der Waals surface area contributed by atoms with Crippen LogP contribution in [-0.2, 0) is 5.41 Å². The molecule has 0 spiro atoms. The van der Waals surface area contributed by atoms with Crippen LogP contribution in [0.3, 0.4) is 0 Å². The Hall–Kier alpha value is -6.18. The third-order valence-corrected chi connectivity index (χ3v) is 12.9.